The zero-order chi connectivity index (χ0) is 14.1. The lowest BCUT2D eigenvalue weighted by molar-refractivity contribution is 0.115. The van der Waals surface area contributed by atoms with Gasteiger partial charge in [-0.1, -0.05) is 27.2 Å². The second kappa shape index (κ2) is 5.28. The van der Waals surface area contributed by atoms with Gasteiger partial charge < -0.3 is 5.73 Å². The third-order valence-corrected chi connectivity index (χ3v) is 5.31. The van der Waals surface area contributed by atoms with Crippen molar-refractivity contribution >= 4 is 0 Å². The van der Waals surface area contributed by atoms with Gasteiger partial charge in [0, 0.05) is 18.8 Å². The molecule has 0 bridgehead atoms. The molecule has 1 fully saturated rings. The standard InChI is InChI=1S/C16H29N3/c1-5-15(2,3)14-6-8-16(17,9-7-14)10-13-11-18-19(4)12-13/h11-12,14H,5-10,17H2,1-4H3. The molecule has 0 spiro atoms. The first-order valence-electron chi connectivity index (χ1n) is 7.61. The van der Waals surface area contributed by atoms with Crippen molar-refractivity contribution in [3.63, 3.8) is 0 Å². The number of aromatic nitrogens is 2. The Bertz CT molecular complexity index is 411. The van der Waals surface area contributed by atoms with Crippen LogP contribution in [-0.2, 0) is 13.5 Å². The van der Waals surface area contributed by atoms with Gasteiger partial charge in [0.25, 0.3) is 0 Å². The predicted molar refractivity (Wildman–Crippen MR) is 79.9 cm³/mol. The van der Waals surface area contributed by atoms with E-state index in [1.807, 2.05) is 17.9 Å². The van der Waals surface area contributed by atoms with Crippen LogP contribution < -0.4 is 5.73 Å². The number of aryl methyl sites for hydroxylation is 1. The van der Waals surface area contributed by atoms with Crippen LogP contribution in [0.2, 0.25) is 0 Å². The topological polar surface area (TPSA) is 43.8 Å². The molecule has 0 unspecified atom stereocenters. The first-order valence-corrected chi connectivity index (χ1v) is 7.61. The number of nitrogens with two attached hydrogens (primary N) is 1. The Morgan fingerprint density at radius 2 is 2.05 bits per heavy atom. The van der Waals surface area contributed by atoms with Gasteiger partial charge in [0.1, 0.15) is 0 Å². The molecule has 3 nitrogen and oxygen atoms in total. The Labute approximate surface area is 117 Å². The summed E-state index contributed by atoms with van der Waals surface area (Å²) in [6.45, 7) is 7.12. The van der Waals surface area contributed by atoms with Crippen molar-refractivity contribution in [3.8, 4) is 0 Å². The molecule has 2 N–H and O–H groups in total. The van der Waals surface area contributed by atoms with Gasteiger partial charge in [0.2, 0.25) is 0 Å². The lowest BCUT2D eigenvalue weighted by Gasteiger charge is -2.43. The molecule has 1 aliphatic carbocycles. The highest BCUT2D eigenvalue weighted by Gasteiger charge is 2.37. The minimum Gasteiger partial charge on any atom is -0.325 e. The van der Waals surface area contributed by atoms with Crippen molar-refractivity contribution in [2.45, 2.75) is 64.8 Å². The summed E-state index contributed by atoms with van der Waals surface area (Å²) in [5.41, 5.74) is 8.34. The zero-order valence-corrected chi connectivity index (χ0v) is 12.9. The van der Waals surface area contributed by atoms with Gasteiger partial charge in [-0.05, 0) is 49.0 Å². The van der Waals surface area contributed by atoms with Gasteiger partial charge in [0.15, 0.2) is 0 Å². The van der Waals surface area contributed by atoms with Crippen LogP contribution in [0.25, 0.3) is 0 Å². The van der Waals surface area contributed by atoms with E-state index in [9.17, 15) is 0 Å². The van der Waals surface area contributed by atoms with E-state index in [-0.39, 0.29) is 5.54 Å². The molecule has 0 aromatic carbocycles. The number of nitrogens with zero attached hydrogens (tertiary/aromatic N) is 2. The molecule has 3 heteroatoms. The highest BCUT2D eigenvalue weighted by molar-refractivity contribution is 5.10. The molecule has 0 radical (unpaired) electrons. The summed E-state index contributed by atoms with van der Waals surface area (Å²) in [7, 11) is 1.97. The molecule has 1 aromatic heterocycles. The molecular formula is C16H29N3. The van der Waals surface area contributed by atoms with Gasteiger partial charge in [-0.15, -0.1) is 0 Å². The fraction of sp³-hybridized carbons (Fsp3) is 0.812. The van der Waals surface area contributed by atoms with Crippen molar-refractivity contribution in [2.24, 2.45) is 24.1 Å². The summed E-state index contributed by atoms with van der Waals surface area (Å²) in [5.74, 6) is 0.836. The molecule has 2 rings (SSSR count). The van der Waals surface area contributed by atoms with Crippen LogP contribution in [0.4, 0.5) is 0 Å². The molecule has 1 aromatic rings. The minimum absolute atomic E-state index is 0.0106. The molecular weight excluding hydrogens is 234 g/mol. The average molecular weight is 263 g/mol. The van der Waals surface area contributed by atoms with Crippen LogP contribution in [0.15, 0.2) is 12.4 Å². The van der Waals surface area contributed by atoms with Crippen molar-refractivity contribution in [1.82, 2.24) is 9.78 Å². The second-order valence-corrected chi connectivity index (χ2v) is 7.18. The Morgan fingerprint density at radius 3 is 2.53 bits per heavy atom. The van der Waals surface area contributed by atoms with Crippen molar-refractivity contribution in [3.05, 3.63) is 18.0 Å². The lowest BCUT2D eigenvalue weighted by atomic mass is 9.65. The van der Waals surface area contributed by atoms with Crippen LogP contribution in [0, 0.1) is 11.3 Å². The molecule has 108 valence electrons. The monoisotopic (exact) mass is 263 g/mol. The van der Waals surface area contributed by atoms with E-state index < -0.39 is 0 Å². The van der Waals surface area contributed by atoms with Crippen LogP contribution in [0.1, 0.15) is 58.4 Å². The quantitative estimate of drug-likeness (QED) is 0.906. The SMILES string of the molecule is CCC(C)(C)C1CCC(N)(Cc2cnn(C)c2)CC1. The summed E-state index contributed by atoms with van der Waals surface area (Å²) < 4.78 is 1.87. The maximum atomic E-state index is 6.61. The third kappa shape index (κ3) is 3.38. The molecule has 0 aliphatic heterocycles. The minimum atomic E-state index is -0.0106. The fourth-order valence-corrected chi connectivity index (χ4v) is 3.41. The van der Waals surface area contributed by atoms with Gasteiger partial charge in [-0.3, -0.25) is 4.68 Å². The molecule has 19 heavy (non-hydrogen) atoms. The summed E-state index contributed by atoms with van der Waals surface area (Å²) >= 11 is 0. The Hall–Kier alpha value is -0.830. The number of hydrogen-bond donors (Lipinski definition) is 1. The summed E-state index contributed by atoms with van der Waals surface area (Å²) in [4.78, 5) is 0. The molecule has 1 saturated carbocycles. The molecule has 1 heterocycles. The van der Waals surface area contributed by atoms with Crippen LogP contribution in [0.5, 0.6) is 0 Å². The summed E-state index contributed by atoms with van der Waals surface area (Å²) in [6.07, 6.45) is 11.1. The van der Waals surface area contributed by atoms with E-state index in [2.05, 4.69) is 32.1 Å². The fourth-order valence-electron chi connectivity index (χ4n) is 3.41. The van der Waals surface area contributed by atoms with Gasteiger partial charge in [-0.25, -0.2) is 0 Å². The van der Waals surface area contributed by atoms with Gasteiger partial charge in [0.05, 0.1) is 6.20 Å². The van der Waals surface area contributed by atoms with E-state index >= 15 is 0 Å². The normalized spacial score (nSPS) is 28.6. The van der Waals surface area contributed by atoms with E-state index in [0.717, 1.165) is 25.2 Å². The smallest absolute Gasteiger partial charge is 0.0522 e. The predicted octanol–water partition coefficient (Wildman–Crippen LogP) is 3.29. The molecule has 0 atom stereocenters. The molecule has 1 aliphatic rings. The van der Waals surface area contributed by atoms with Gasteiger partial charge in [-0.2, -0.15) is 5.10 Å². The number of hydrogen-bond acceptors (Lipinski definition) is 2. The average Bonchev–Trinajstić information content (AvgIpc) is 2.74. The van der Waals surface area contributed by atoms with Crippen LogP contribution in [0.3, 0.4) is 0 Å². The first kappa shape index (κ1) is 14.6. The Kier molecular flexibility index (Phi) is 4.05. The largest absolute Gasteiger partial charge is 0.325 e. The lowest BCUT2D eigenvalue weighted by Crippen LogP contribution is -2.47. The molecule has 0 saturated heterocycles. The van der Waals surface area contributed by atoms with Gasteiger partial charge >= 0.3 is 0 Å². The summed E-state index contributed by atoms with van der Waals surface area (Å²) in [6, 6.07) is 0. The first-order chi connectivity index (χ1) is 8.85. The van der Waals surface area contributed by atoms with Crippen molar-refractivity contribution in [1.29, 1.82) is 0 Å². The maximum Gasteiger partial charge on any atom is 0.0522 e. The van der Waals surface area contributed by atoms with Crippen molar-refractivity contribution < 1.29 is 0 Å². The van der Waals surface area contributed by atoms with E-state index in [1.54, 1.807) is 0 Å². The maximum absolute atomic E-state index is 6.61. The highest BCUT2D eigenvalue weighted by Crippen LogP contribution is 2.43. The Balaban J connectivity index is 1.94. The van der Waals surface area contributed by atoms with Crippen LogP contribution >= 0.6 is 0 Å². The third-order valence-electron chi connectivity index (χ3n) is 5.31. The Morgan fingerprint density at radius 1 is 1.42 bits per heavy atom. The second-order valence-electron chi connectivity index (χ2n) is 7.18. The number of rotatable bonds is 4. The highest BCUT2D eigenvalue weighted by atomic mass is 15.2. The summed E-state index contributed by atoms with van der Waals surface area (Å²) in [5, 5.41) is 4.24. The van der Waals surface area contributed by atoms with E-state index in [1.165, 1.54) is 24.8 Å². The van der Waals surface area contributed by atoms with Crippen LogP contribution in [-0.4, -0.2) is 15.3 Å². The zero-order valence-electron chi connectivity index (χ0n) is 12.9. The van der Waals surface area contributed by atoms with E-state index in [4.69, 9.17) is 5.73 Å². The molecule has 0 amide bonds. The van der Waals surface area contributed by atoms with Crippen molar-refractivity contribution in [2.75, 3.05) is 0 Å². The van der Waals surface area contributed by atoms with E-state index in [0.29, 0.717) is 5.41 Å².